The van der Waals surface area contributed by atoms with Crippen LogP contribution in [0.15, 0.2) is 36.7 Å². The van der Waals surface area contributed by atoms with Crippen LogP contribution in [0.4, 0.5) is 0 Å². The van der Waals surface area contributed by atoms with Crippen molar-refractivity contribution in [1.29, 1.82) is 0 Å². The molecule has 1 aromatic heterocycles. The number of aromatic nitrogens is 2. The molecule has 25 heavy (non-hydrogen) atoms. The van der Waals surface area contributed by atoms with E-state index in [9.17, 15) is 4.79 Å². The van der Waals surface area contributed by atoms with Gasteiger partial charge in [-0.15, -0.1) is 0 Å². The number of nitrogens with zero attached hydrogens (tertiary/aromatic N) is 3. The first-order valence-electron chi connectivity index (χ1n) is 8.89. The summed E-state index contributed by atoms with van der Waals surface area (Å²) < 4.78 is 0. The Hall–Kier alpha value is -2.27. The van der Waals surface area contributed by atoms with E-state index < -0.39 is 5.97 Å². The molecule has 5 heteroatoms. The van der Waals surface area contributed by atoms with Crippen molar-refractivity contribution in [2.75, 3.05) is 13.1 Å². The van der Waals surface area contributed by atoms with E-state index >= 15 is 0 Å². The lowest BCUT2D eigenvalue weighted by molar-refractivity contribution is 0.0697. The van der Waals surface area contributed by atoms with Crippen LogP contribution in [0.2, 0.25) is 0 Å². The molecule has 132 valence electrons. The fourth-order valence-electron chi connectivity index (χ4n) is 3.37. The molecule has 0 unspecified atom stereocenters. The van der Waals surface area contributed by atoms with Gasteiger partial charge in [-0.1, -0.05) is 26.0 Å². The van der Waals surface area contributed by atoms with Crippen molar-refractivity contribution in [3.63, 3.8) is 0 Å². The monoisotopic (exact) mass is 339 g/mol. The van der Waals surface area contributed by atoms with Gasteiger partial charge < -0.3 is 5.11 Å². The number of hydrogen-bond donors (Lipinski definition) is 1. The highest BCUT2D eigenvalue weighted by Crippen LogP contribution is 2.28. The Morgan fingerprint density at radius 2 is 1.92 bits per heavy atom. The van der Waals surface area contributed by atoms with Gasteiger partial charge in [0.05, 0.1) is 5.56 Å². The Morgan fingerprint density at radius 3 is 2.52 bits per heavy atom. The molecule has 1 aromatic carbocycles. The first-order valence-corrected chi connectivity index (χ1v) is 8.89. The van der Waals surface area contributed by atoms with Crippen molar-refractivity contribution < 1.29 is 9.90 Å². The van der Waals surface area contributed by atoms with Crippen molar-refractivity contribution in [3.05, 3.63) is 59.2 Å². The zero-order valence-corrected chi connectivity index (χ0v) is 14.9. The van der Waals surface area contributed by atoms with E-state index in [-0.39, 0.29) is 0 Å². The molecular formula is C20H25N3O2. The third kappa shape index (κ3) is 4.42. The lowest BCUT2D eigenvalue weighted by atomic mass is 9.90. The van der Waals surface area contributed by atoms with Crippen LogP contribution in [0.5, 0.6) is 0 Å². The minimum absolute atomic E-state index is 0.346. The average Bonchev–Trinajstić information content (AvgIpc) is 2.62. The van der Waals surface area contributed by atoms with Crippen molar-refractivity contribution in [1.82, 2.24) is 14.9 Å². The number of likely N-dealkylation sites (tertiary alicyclic amines) is 1. The maximum atomic E-state index is 11.0. The van der Waals surface area contributed by atoms with Crippen LogP contribution in [-0.2, 0) is 6.54 Å². The van der Waals surface area contributed by atoms with Crippen LogP contribution in [0.1, 0.15) is 65.8 Å². The molecule has 0 bridgehead atoms. The van der Waals surface area contributed by atoms with Gasteiger partial charge in [0.15, 0.2) is 0 Å². The zero-order chi connectivity index (χ0) is 17.8. The van der Waals surface area contributed by atoms with Crippen LogP contribution < -0.4 is 0 Å². The molecule has 3 rings (SSSR count). The molecule has 1 fully saturated rings. The van der Waals surface area contributed by atoms with Crippen LogP contribution in [0, 0.1) is 0 Å². The van der Waals surface area contributed by atoms with Crippen molar-refractivity contribution in [3.8, 4) is 0 Å². The molecule has 0 saturated carbocycles. The number of carboxylic acid groups (broad SMARTS) is 1. The topological polar surface area (TPSA) is 66.3 Å². The fourth-order valence-corrected chi connectivity index (χ4v) is 3.37. The zero-order valence-electron chi connectivity index (χ0n) is 14.9. The van der Waals surface area contributed by atoms with Crippen LogP contribution in [-0.4, -0.2) is 39.0 Å². The first kappa shape index (κ1) is 17.5. The Bertz CT molecular complexity index is 711. The summed E-state index contributed by atoms with van der Waals surface area (Å²) in [6.45, 7) is 7.12. The van der Waals surface area contributed by atoms with Gasteiger partial charge in [0, 0.05) is 37.0 Å². The molecule has 1 aliphatic rings. The fraction of sp³-hybridized carbons (Fsp3) is 0.450. The van der Waals surface area contributed by atoms with Crippen molar-refractivity contribution in [2.45, 2.75) is 45.1 Å². The number of rotatable bonds is 5. The third-order valence-electron chi connectivity index (χ3n) is 4.78. The third-order valence-corrected chi connectivity index (χ3v) is 4.78. The van der Waals surface area contributed by atoms with Gasteiger partial charge in [0.2, 0.25) is 0 Å². The molecule has 1 aliphatic heterocycles. The lowest BCUT2D eigenvalue weighted by Crippen LogP contribution is -2.34. The molecule has 0 amide bonds. The Balaban J connectivity index is 1.63. The van der Waals surface area contributed by atoms with Crippen LogP contribution in [0.25, 0.3) is 0 Å². The molecule has 1 atom stereocenters. The molecule has 0 aliphatic carbocycles. The van der Waals surface area contributed by atoms with E-state index in [0.29, 0.717) is 17.4 Å². The minimum Gasteiger partial charge on any atom is -0.478 e. The smallest absolute Gasteiger partial charge is 0.335 e. The molecule has 5 nitrogen and oxygen atoms in total. The molecule has 0 radical (unpaired) electrons. The first-order chi connectivity index (χ1) is 12.0. The molecule has 1 N–H and O–H groups in total. The number of hydrogen-bond acceptors (Lipinski definition) is 4. The van der Waals surface area contributed by atoms with Gasteiger partial charge in [-0.2, -0.15) is 0 Å². The van der Waals surface area contributed by atoms with E-state index in [4.69, 9.17) is 5.11 Å². The summed E-state index contributed by atoms with van der Waals surface area (Å²) in [7, 11) is 0. The van der Waals surface area contributed by atoms with E-state index in [1.54, 1.807) is 12.1 Å². The normalized spacial score (nSPS) is 18.4. The summed E-state index contributed by atoms with van der Waals surface area (Å²) in [5.74, 6) is 0.815. The second kappa shape index (κ2) is 7.74. The van der Waals surface area contributed by atoms with E-state index in [2.05, 4.69) is 28.7 Å². The Labute approximate surface area is 148 Å². The summed E-state index contributed by atoms with van der Waals surface area (Å²) in [6, 6.07) is 7.32. The maximum Gasteiger partial charge on any atom is 0.335 e. The van der Waals surface area contributed by atoms with Gasteiger partial charge in [-0.25, -0.2) is 14.8 Å². The van der Waals surface area contributed by atoms with E-state index in [0.717, 1.165) is 43.9 Å². The number of carboxylic acids is 1. The second-order valence-electron chi connectivity index (χ2n) is 7.11. The summed E-state index contributed by atoms with van der Waals surface area (Å²) in [6.07, 6.45) is 6.17. The maximum absolute atomic E-state index is 11.0. The Morgan fingerprint density at radius 1 is 1.24 bits per heavy atom. The standard InChI is InChI=1S/C20H25N3O2/c1-14(2)19-21-10-15(11-22-19)12-23-9-3-4-18(13-23)16-5-7-17(8-6-16)20(24)25/h5-8,10-11,14,18H,3-4,9,12-13H2,1-2H3,(H,24,25)/t18-/m0/s1. The molecule has 0 spiro atoms. The van der Waals surface area contributed by atoms with Crippen molar-refractivity contribution in [2.24, 2.45) is 0 Å². The molecule has 2 aromatic rings. The van der Waals surface area contributed by atoms with E-state index in [1.165, 1.54) is 5.56 Å². The predicted molar refractivity (Wildman–Crippen MR) is 96.8 cm³/mol. The lowest BCUT2D eigenvalue weighted by Gasteiger charge is -2.33. The number of piperidine rings is 1. The number of benzene rings is 1. The largest absolute Gasteiger partial charge is 0.478 e. The quantitative estimate of drug-likeness (QED) is 0.900. The number of aromatic carboxylic acids is 1. The van der Waals surface area contributed by atoms with Crippen molar-refractivity contribution >= 4 is 5.97 Å². The summed E-state index contributed by atoms with van der Waals surface area (Å²) in [4.78, 5) is 22.3. The SMILES string of the molecule is CC(C)c1ncc(CN2CCC[C@H](c3ccc(C(=O)O)cc3)C2)cn1. The highest BCUT2D eigenvalue weighted by molar-refractivity contribution is 5.87. The van der Waals surface area contributed by atoms with Gasteiger partial charge in [-0.05, 0) is 43.0 Å². The second-order valence-corrected chi connectivity index (χ2v) is 7.11. The highest BCUT2D eigenvalue weighted by Gasteiger charge is 2.22. The highest BCUT2D eigenvalue weighted by atomic mass is 16.4. The summed E-state index contributed by atoms with van der Waals surface area (Å²) >= 11 is 0. The van der Waals surface area contributed by atoms with Gasteiger partial charge in [0.1, 0.15) is 5.82 Å². The summed E-state index contributed by atoms with van der Waals surface area (Å²) in [5.41, 5.74) is 2.71. The minimum atomic E-state index is -0.873. The molecular weight excluding hydrogens is 314 g/mol. The van der Waals surface area contributed by atoms with Crippen LogP contribution in [0.3, 0.4) is 0 Å². The van der Waals surface area contributed by atoms with Crippen LogP contribution >= 0.6 is 0 Å². The van der Waals surface area contributed by atoms with Gasteiger partial charge >= 0.3 is 5.97 Å². The Kier molecular flexibility index (Phi) is 5.43. The molecule has 1 saturated heterocycles. The van der Waals surface area contributed by atoms with Gasteiger partial charge in [-0.3, -0.25) is 4.90 Å². The van der Waals surface area contributed by atoms with Gasteiger partial charge in [0.25, 0.3) is 0 Å². The molecule has 2 heterocycles. The predicted octanol–water partition coefficient (Wildman–Crippen LogP) is 3.68. The average molecular weight is 339 g/mol. The van der Waals surface area contributed by atoms with E-state index in [1.807, 2.05) is 24.5 Å². The number of carbonyl (C=O) groups is 1. The summed E-state index contributed by atoms with van der Waals surface area (Å²) in [5, 5.41) is 9.03.